The molecule has 1 aromatic carbocycles. The van der Waals surface area contributed by atoms with Crippen LogP contribution in [0.4, 0.5) is 0 Å². The number of carbonyl (C=O) groups is 1. The molecule has 2 aromatic rings. The number of carbonyl (C=O) groups excluding carboxylic acids is 1. The lowest BCUT2D eigenvalue weighted by molar-refractivity contribution is 0.0947. The van der Waals surface area contributed by atoms with Crippen LogP contribution in [0, 0.1) is 0 Å². The number of nitrogens with zero attached hydrogens (tertiary/aromatic N) is 1. The summed E-state index contributed by atoms with van der Waals surface area (Å²) in [5.41, 5.74) is 7.19. The fraction of sp³-hybridized carbons (Fsp3) is 0.353. The van der Waals surface area contributed by atoms with Crippen molar-refractivity contribution in [3.05, 3.63) is 53.9 Å². The quantitative estimate of drug-likeness (QED) is 0.682. The summed E-state index contributed by atoms with van der Waals surface area (Å²) in [6.07, 6.45) is 1.36. The Bertz CT molecular complexity index is 846. The summed E-state index contributed by atoms with van der Waals surface area (Å²) in [5, 5.41) is 2.73. The van der Waals surface area contributed by atoms with Gasteiger partial charge in [-0.2, -0.15) is 16.1 Å². The predicted octanol–water partition coefficient (Wildman–Crippen LogP) is 1.18. The van der Waals surface area contributed by atoms with Crippen molar-refractivity contribution in [2.45, 2.75) is 10.9 Å². The zero-order valence-electron chi connectivity index (χ0n) is 14.2. The minimum atomic E-state index is -3.56. The fourth-order valence-electron chi connectivity index (χ4n) is 2.71. The Morgan fingerprint density at radius 3 is 2.65 bits per heavy atom. The highest BCUT2D eigenvalue weighted by atomic mass is 32.2. The maximum atomic E-state index is 12.6. The zero-order chi connectivity index (χ0) is 18.6. The monoisotopic (exact) mass is 394 g/mol. The molecule has 7 nitrogen and oxygen atoms in total. The summed E-state index contributed by atoms with van der Waals surface area (Å²) in [6, 6.07) is 10.5. The lowest BCUT2D eigenvalue weighted by atomic mass is 10.1. The number of sulfonamides is 1. The van der Waals surface area contributed by atoms with E-state index in [1.54, 1.807) is 11.8 Å². The van der Waals surface area contributed by atoms with Gasteiger partial charge in [-0.3, -0.25) is 4.79 Å². The molecule has 3 rings (SSSR count). The molecule has 26 heavy (non-hydrogen) atoms. The second-order valence-electron chi connectivity index (χ2n) is 5.99. The molecule has 1 aliphatic rings. The second-order valence-corrected chi connectivity index (χ2v) is 9.16. The smallest absolute Gasteiger partial charge is 0.267 e. The molecule has 1 saturated heterocycles. The number of hydrogen-bond acceptors (Lipinski definition) is 5. The summed E-state index contributed by atoms with van der Waals surface area (Å²) in [6.45, 7) is 1.24. The van der Waals surface area contributed by atoms with Gasteiger partial charge in [0.05, 0.1) is 0 Å². The molecular weight excluding hydrogens is 372 g/mol. The minimum absolute atomic E-state index is 0.113. The maximum Gasteiger partial charge on any atom is 0.267 e. The molecule has 140 valence electrons. The first-order valence-corrected chi connectivity index (χ1v) is 10.9. The van der Waals surface area contributed by atoms with Gasteiger partial charge in [0, 0.05) is 43.4 Å². The number of nitrogens with two attached hydrogens (primary N) is 1. The SMILES string of the molecule is NC(CNC(=O)c1cc(S(=O)(=O)N2CCSCC2)c[nH]1)c1ccccc1. The van der Waals surface area contributed by atoms with Crippen molar-refractivity contribution < 1.29 is 13.2 Å². The molecule has 9 heteroatoms. The Hall–Kier alpha value is -1.81. The van der Waals surface area contributed by atoms with Crippen molar-refractivity contribution in [1.82, 2.24) is 14.6 Å². The normalized spacial score (nSPS) is 17.0. The van der Waals surface area contributed by atoms with Crippen molar-refractivity contribution in [3.8, 4) is 0 Å². The minimum Gasteiger partial charge on any atom is -0.356 e. The second kappa shape index (κ2) is 8.26. The lowest BCUT2D eigenvalue weighted by Gasteiger charge is -2.24. The van der Waals surface area contributed by atoms with Crippen LogP contribution in [0.15, 0.2) is 47.5 Å². The largest absolute Gasteiger partial charge is 0.356 e. The number of hydrogen-bond donors (Lipinski definition) is 3. The maximum absolute atomic E-state index is 12.6. The lowest BCUT2D eigenvalue weighted by Crippen LogP contribution is -2.37. The van der Waals surface area contributed by atoms with Crippen molar-refractivity contribution in [2.24, 2.45) is 5.73 Å². The average Bonchev–Trinajstić information content (AvgIpc) is 3.18. The molecular formula is C17H22N4O3S2. The number of amides is 1. The van der Waals surface area contributed by atoms with Crippen LogP contribution in [-0.4, -0.2) is 54.8 Å². The van der Waals surface area contributed by atoms with E-state index in [1.807, 2.05) is 30.3 Å². The van der Waals surface area contributed by atoms with Gasteiger partial charge in [0.15, 0.2) is 0 Å². The predicted molar refractivity (Wildman–Crippen MR) is 103 cm³/mol. The Balaban J connectivity index is 1.62. The van der Waals surface area contributed by atoms with Crippen LogP contribution in [0.2, 0.25) is 0 Å². The van der Waals surface area contributed by atoms with Crippen LogP contribution in [0.1, 0.15) is 22.1 Å². The fourth-order valence-corrected chi connectivity index (χ4v) is 5.28. The Kier molecular flexibility index (Phi) is 6.02. The van der Waals surface area contributed by atoms with Crippen LogP contribution >= 0.6 is 11.8 Å². The van der Waals surface area contributed by atoms with Gasteiger partial charge in [-0.1, -0.05) is 30.3 Å². The van der Waals surface area contributed by atoms with Crippen molar-refractivity contribution in [1.29, 1.82) is 0 Å². The molecule has 0 aliphatic carbocycles. The third-order valence-electron chi connectivity index (χ3n) is 4.22. The Labute approximate surface area is 157 Å². The van der Waals surface area contributed by atoms with Gasteiger partial charge in [-0.25, -0.2) is 8.42 Å². The van der Waals surface area contributed by atoms with Crippen molar-refractivity contribution in [3.63, 3.8) is 0 Å². The molecule has 1 fully saturated rings. The number of aromatic amines is 1. The van der Waals surface area contributed by atoms with E-state index in [2.05, 4.69) is 10.3 Å². The van der Waals surface area contributed by atoms with Crippen molar-refractivity contribution in [2.75, 3.05) is 31.1 Å². The number of rotatable bonds is 6. The number of benzene rings is 1. The van der Waals surface area contributed by atoms with Gasteiger partial charge < -0.3 is 16.0 Å². The summed E-state index contributed by atoms with van der Waals surface area (Å²) < 4.78 is 26.7. The average molecular weight is 395 g/mol. The Morgan fingerprint density at radius 2 is 1.96 bits per heavy atom. The first-order valence-electron chi connectivity index (χ1n) is 8.33. The van der Waals surface area contributed by atoms with Crippen LogP contribution in [0.5, 0.6) is 0 Å². The molecule has 0 radical (unpaired) electrons. The number of nitrogens with one attached hydrogen (secondary N) is 2. The van der Waals surface area contributed by atoms with Gasteiger partial charge in [0.2, 0.25) is 10.0 Å². The highest BCUT2D eigenvalue weighted by molar-refractivity contribution is 7.99. The highest BCUT2D eigenvalue weighted by Gasteiger charge is 2.27. The van der Waals surface area contributed by atoms with Gasteiger partial charge in [0.25, 0.3) is 5.91 Å². The third kappa shape index (κ3) is 4.29. The molecule has 1 atom stereocenters. The van der Waals surface area contributed by atoms with Crippen LogP contribution in [0.3, 0.4) is 0 Å². The molecule has 1 aromatic heterocycles. The van der Waals surface area contributed by atoms with Crippen LogP contribution < -0.4 is 11.1 Å². The van der Waals surface area contributed by atoms with E-state index in [0.29, 0.717) is 13.1 Å². The molecule has 1 aliphatic heterocycles. The molecule has 0 bridgehead atoms. The van der Waals surface area contributed by atoms with Crippen molar-refractivity contribution >= 4 is 27.7 Å². The van der Waals surface area contributed by atoms with Crippen LogP contribution in [-0.2, 0) is 10.0 Å². The van der Waals surface area contributed by atoms with E-state index in [-0.39, 0.29) is 29.1 Å². The molecule has 2 heterocycles. The summed E-state index contributed by atoms with van der Waals surface area (Å²) in [5.74, 6) is 1.19. The van der Waals surface area contributed by atoms with E-state index in [9.17, 15) is 13.2 Å². The number of aromatic nitrogens is 1. The molecule has 4 N–H and O–H groups in total. The van der Waals surface area contributed by atoms with Gasteiger partial charge in [-0.15, -0.1) is 0 Å². The topological polar surface area (TPSA) is 108 Å². The molecule has 1 unspecified atom stereocenters. The van der Waals surface area contributed by atoms with E-state index in [4.69, 9.17) is 5.73 Å². The Morgan fingerprint density at radius 1 is 1.27 bits per heavy atom. The summed E-state index contributed by atoms with van der Waals surface area (Å²) in [7, 11) is -3.56. The highest BCUT2D eigenvalue weighted by Crippen LogP contribution is 2.20. The zero-order valence-corrected chi connectivity index (χ0v) is 15.9. The first-order chi connectivity index (χ1) is 12.5. The van der Waals surface area contributed by atoms with E-state index in [1.165, 1.54) is 16.6 Å². The first kappa shape index (κ1) is 19.0. The molecule has 0 saturated carbocycles. The van der Waals surface area contributed by atoms with Crippen LogP contribution in [0.25, 0.3) is 0 Å². The number of H-pyrrole nitrogens is 1. The molecule has 1 amide bonds. The van der Waals surface area contributed by atoms with E-state index < -0.39 is 10.0 Å². The number of thioether (sulfide) groups is 1. The molecule has 0 spiro atoms. The standard InChI is InChI=1S/C17H22N4O3S2/c18-15(13-4-2-1-3-5-13)12-20-17(22)16-10-14(11-19-16)26(23,24)21-6-8-25-9-7-21/h1-5,10-11,15,19H,6-9,12,18H2,(H,20,22). The van der Waals surface area contributed by atoms with Gasteiger partial charge in [-0.05, 0) is 11.6 Å². The summed E-state index contributed by atoms with van der Waals surface area (Å²) in [4.78, 5) is 15.2. The third-order valence-corrected chi connectivity index (χ3v) is 7.04. The summed E-state index contributed by atoms with van der Waals surface area (Å²) >= 11 is 1.74. The van der Waals surface area contributed by atoms with Gasteiger partial charge in [0.1, 0.15) is 10.6 Å². The van der Waals surface area contributed by atoms with E-state index >= 15 is 0 Å². The van der Waals surface area contributed by atoms with Gasteiger partial charge >= 0.3 is 0 Å². The van der Waals surface area contributed by atoms with E-state index in [0.717, 1.165) is 17.1 Å².